The van der Waals surface area contributed by atoms with Gasteiger partial charge in [-0.15, -0.1) is 0 Å². The van der Waals surface area contributed by atoms with Crippen LogP contribution in [0.15, 0.2) is 30.3 Å². The van der Waals surface area contributed by atoms with Crippen molar-refractivity contribution in [2.24, 2.45) is 0 Å². The number of ether oxygens (including phenoxy) is 1. The van der Waals surface area contributed by atoms with Gasteiger partial charge in [0.2, 0.25) is 0 Å². The molecule has 0 saturated carbocycles. The Balaban J connectivity index is 1.26. The SMILES string of the molecule is c1ccc(C2COC3(CCN(CCN4CCCC4)CC3)C2)cc1. The Morgan fingerprint density at radius 2 is 1.57 bits per heavy atom. The number of likely N-dealkylation sites (tertiary alicyclic amines) is 2. The third-order valence-electron chi connectivity index (χ3n) is 6.18. The number of benzene rings is 1. The van der Waals surface area contributed by atoms with E-state index in [9.17, 15) is 0 Å². The molecule has 0 radical (unpaired) electrons. The van der Waals surface area contributed by atoms with Gasteiger partial charge < -0.3 is 14.5 Å². The quantitative estimate of drug-likeness (QED) is 0.849. The van der Waals surface area contributed by atoms with Crippen molar-refractivity contribution < 1.29 is 4.74 Å². The first kappa shape index (κ1) is 15.6. The first-order valence-corrected chi connectivity index (χ1v) is 9.47. The van der Waals surface area contributed by atoms with Crippen LogP contribution in [-0.4, -0.2) is 61.3 Å². The molecule has 3 fully saturated rings. The van der Waals surface area contributed by atoms with Crippen LogP contribution in [0.25, 0.3) is 0 Å². The zero-order valence-electron chi connectivity index (χ0n) is 14.3. The third-order valence-corrected chi connectivity index (χ3v) is 6.18. The molecule has 3 nitrogen and oxygen atoms in total. The van der Waals surface area contributed by atoms with Crippen molar-refractivity contribution in [1.29, 1.82) is 0 Å². The molecule has 126 valence electrons. The Bertz CT molecular complexity index is 490. The monoisotopic (exact) mass is 314 g/mol. The molecule has 1 aromatic rings. The van der Waals surface area contributed by atoms with Crippen molar-refractivity contribution >= 4 is 0 Å². The lowest BCUT2D eigenvalue weighted by atomic mass is 9.83. The van der Waals surface area contributed by atoms with Crippen LogP contribution >= 0.6 is 0 Å². The highest BCUT2D eigenvalue weighted by molar-refractivity contribution is 5.21. The molecule has 3 aliphatic rings. The van der Waals surface area contributed by atoms with Gasteiger partial charge in [0.1, 0.15) is 0 Å². The van der Waals surface area contributed by atoms with E-state index in [1.807, 2.05) is 0 Å². The fraction of sp³-hybridized carbons (Fsp3) is 0.700. The van der Waals surface area contributed by atoms with Crippen LogP contribution in [0.2, 0.25) is 0 Å². The van der Waals surface area contributed by atoms with Crippen molar-refractivity contribution in [3.8, 4) is 0 Å². The molecule has 1 atom stereocenters. The van der Waals surface area contributed by atoms with E-state index in [0.717, 1.165) is 6.61 Å². The molecule has 1 spiro atoms. The molecule has 23 heavy (non-hydrogen) atoms. The molecule has 1 unspecified atom stereocenters. The van der Waals surface area contributed by atoms with Gasteiger partial charge in [0.05, 0.1) is 12.2 Å². The summed E-state index contributed by atoms with van der Waals surface area (Å²) in [4.78, 5) is 5.28. The molecule has 0 N–H and O–H groups in total. The second-order valence-corrected chi connectivity index (χ2v) is 7.70. The molecule has 0 bridgehead atoms. The molecular weight excluding hydrogens is 284 g/mol. The van der Waals surface area contributed by atoms with Crippen LogP contribution in [0.3, 0.4) is 0 Å². The maximum Gasteiger partial charge on any atom is 0.0713 e. The van der Waals surface area contributed by atoms with E-state index in [2.05, 4.69) is 40.1 Å². The lowest BCUT2D eigenvalue weighted by Crippen LogP contribution is -2.46. The molecule has 0 amide bonds. The Morgan fingerprint density at radius 3 is 2.26 bits per heavy atom. The van der Waals surface area contributed by atoms with Gasteiger partial charge in [-0.05, 0) is 50.8 Å². The predicted molar refractivity (Wildman–Crippen MR) is 93.8 cm³/mol. The van der Waals surface area contributed by atoms with E-state index in [-0.39, 0.29) is 5.60 Å². The minimum absolute atomic E-state index is 0.171. The summed E-state index contributed by atoms with van der Waals surface area (Å²) in [5.74, 6) is 0.604. The minimum atomic E-state index is 0.171. The summed E-state index contributed by atoms with van der Waals surface area (Å²) in [5.41, 5.74) is 1.63. The van der Waals surface area contributed by atoms with Crippen molar-refractivity contribution in [3.05, 3.63) is 35.9 Å². The normalized spacial score (nSPS) is 28.6. The highest BCUT2D eigenvalue weighted by Gasteiger charge is 2.42. The molecule has 3 heteroatoms. The van der Waals surface area contributed by atoms with Crippen molar-refractivity contribution in [3.63, 3.8) is 0 Å². The van der Waals surface area contributed by atoms with Crippen molar-refractivity contribution in [1.82, 2.24) is 9.80 Å². The summed E-state index contributed by atoms with van der Waals surface area (Å²) in [5, 5.41) is 0. The molecule has 3 saturated heterocycles. The molecule has 3 aliphatic heterocycles. The van der Waals surface area contributed by atoms with Gasteiger partial charge in [0.15, 0.2) is 0 Å². The fourth-order valence-corrected chi connectivity index (χ4v) is 4.61. The van der Waals surface area contributed by atoms with E-state index < -0.39 is 0 Å². The summed E-state index contributed by atoms with van der Waals surface area (Å²) in [7, 11) is 0. The second-order valence-electron chi connectivity index (χ2n) is 7.70. The Hall–Kier alpha value is -0.900. The highest BCUT2D eigenvalue weighted by Crippen LogP contribution is 2.42. The van der Waals surface area contributed by atoms with Gasteiger partial charge in [-0.2, -0.15) is 0 Å². The lowest BCUT2D eigenvalue weighted by molar-refractivity contribution is -0.0441. The Morgan fingerprint density at radius 1 is 0.913 bits per heavy atom. The highest BCUT2D eigenvalue weighted by atomic mass is 16.5. The van der Waals surface area contributed by atoms with E-state index in [0.29, 0.717) is 5.92 Å². The number of hydrogen-bond acceptors (Lipinski definition) is 3. The summed E-state index contributed by atoms with van der Waals surface area (Å²) < 4.78 is 6.34. The molecular formula is C20H30N2O. The summed E-state index contributed by atoms with van der Waals surface area (Å²) >= 11 is 0. The molecule has 0 aliphatic carbocycles. The van der Waals surface area contributed by atoms with Crippen LogP contribution in [0.5, 0.6) is 0 Å². The Kier molecular flexibility index (Phi) is 4.70. The van der Waals surface area contributed by atoms with Gasteiger partial charge in [0, 0.05) is 32.1 Å². The van der Waals surface area contributed by atoms with E-state index in [1.54, 1.807) is 0 Å². The minimum Gasteiger partial charge on any atom is -0.374 e. The van der Waals surface area contributed by atoms with Gasteiger partial charge in [-0.3, -0.25) is 0 Å². The predicted octanol–water partition coefficient (Wildman–Crippen LogP) is 3.12. The average molecular weight is 314 g/mol. The van der Waals surface area contributed by atoms with Gasteiger partial charge in [-0.25, -0.2) is 0 Å². The number of piperidine rings is 1. The van der Waals surface area contributed by atoms with Crippen molar-refractivity contribution in [2.45, 2.75) is 43.6 Å². The molecule has 0 aromatic heterocycles. The Labute approximate surface area is 140 Å². The fourth-order valence-electron chi connectivity index (χ4n) is 4.61. The van der Waals surface area contributed by atoms with E-state index in [4.69, 9.17) is 4.74 Å². The summed E-state index contributed by atoms with van der Waals surface area (Å²) in [6.07, 6.45) is 6.46. The van der Waals surface area contributed by atoms with E-state index in [1.165, 1.54) is 76.9 Å². The zero-order chi connectivity index (χ0) is 15.5. The first-order chi connectivity index (χ1) is 11.3. The third kappa shape index (κ3) is 3.62. The smallest absolute Gasteiger partial charge is 0.0713 e. The lowest BCUT2D eigenvalue weighted by Gasteiger charge is -2.39. The van der Waals surface area contributed by atoms with Gasteiger partial charge in [0.25, 0.3) is 0 Å². The summed E-state index contributed by atoms with van der Waals surface area (Å²) in [6.45, 7) is 8.50. The molecule has 4 rings (SSSR count). The number of nitrogens with zero attached hydrogens (tertiary/aromatic N) is 2. The standard InChI is InChI=1S/C20H30N2O/c1-2-6-18(7-3-1)19-16-20(23-17-19)8-12-22(13-9-20)15-14-21-10-4-5-11-21/h1-3,6-7,19H,4-5,8-17H2. The average Bonchev–Trinajstić information content (AvgIpc) is 3.26. The van der Waals surface area contributed by atoms with Gasteiger partial charge >= 0.3 is 0 Å². The largest absolute Gasteiger partial charge is 0.374 e. The van der Waals surface area contributed by atoms with Crippen LogP contribution in [0.4, 0.5) is 0 Å². The maximum absolute atomic E-state index is 6.34. The number of rotatable bonds is 4. The summed E-state index contributed by atoms with van der Waals surface area (Å²) in [6, 6.07) is 10.9. The maximum atomic E-state index is 6.34. The van der Waals surface area contributed by atoms with E-state index >= 15 is 0 Å². The zero-order valence-corrected chi connectivity index (χ0v) is 14.3. The second kappa shape index (κ2) is 6.92. The van der Waals surface area contributed by atoms with Crippen LogP contribution in [0.1, 0.15) is 43.6 Å². The first-order valence-electron chi connectivity index (χ1n) is 9.47. The number of hydrogen-bond donors (Lipinski definition) is 0. The van der Waals surface area contributed by atoms with Crippen molar-refractivity contribution in [2.75, 3.05) is 45.9 Å². The molecule has 3 heterocycles. The van der Waals surface area contributed by atoms with Crippen LogP contribution in [0, 0.1) is 0 Å². The van der Waals surface area contributed by atoms with Gasteiger partial charge in [-0.1, -0.05) is 30.3 Å². The van der Waals surface area contributed by atoms with Crippen LogP contribution in [-0.2, 0) is 4.74 Å². The molecule has 1 aromatic carbocycles. The topological polar surface area (TPSA) is 15.7 Å². The van der Waals surface area contributed by atoms with Crippen LogP contribution < -0.4 is 0 Å².